The number of aldehydes is 1. The Morgan fingerprint density at radius 3 is 3.00 bits per heavy atom. The van der Waals surface area contributed by atoms with Gasteiger partial charge in [-0.15, -0.1) is 0 Å². The van der Waals surface area contributed by atoms with E-state index >= 15 is 0 Å². The van der Waals surface area contributed by atoms with Gasteiger partial charge in [-0.3, -0.25) is 10.2 Å². The first-order valence-corrected chi connectivity index (χ1v) is 4.92. The molecule has 0 fully saturated rings. The van der Waals surface area contributed by atoms with E-state index in [0.29, 0.717) is 5.56 Å². The number of guanidine groups is 1. The fraction of sp³-hybridized carbons (Fsp3) is 0.273. The first kappa shape index (κ1) is 9.71. The van der Waals surface area contributed by atoms with Crippen LogP contribution in [-0.4, -0.2) is 18.8 Å². The molecule has 3 N–H and O–H groups in total. The Kier molecular flexibility index (Phi) is 2.41. The van der Waals surface area contributed by atoms with Crippen LogP contribution in [0.3, 0.4) is 0 Å². The van der Waals surface area contributed by atoms with E-state index in [0.717, 1.165) is 36.9 Å². The van der Waals surface area contributed by atoms with Crippen LogP contribution in [0.4, 0.5) is 5.69 Å². The van der Waals surface area contributed by atoms with Crippen molar-refractivity contribution in [1.82, 2.24) is 0 Å². The van der Waals surface area contributed by atoms with Crippen LogP contribution in [0.15, 0.2) is 18.2 Å². The molecule has 4 nitrogen and oxygen atoms in total. The molecule has 1 aliphatic heterocycles. The van der Waals surface area contributed by atoms with E-state index in [-0.39, 0.29) is 5.96 Å². The molecule has 1 aliphatic rings. The van der Waals surface area contributed by atoms with Crippen LogP contribution in [0.25, 0.3) is 0 Å². The smallest absolute Gasteiger partial charge is 0.192 e. The van der Waals surface area contributed by atoms with Gasteiger partial charge in [-0.1, -0.05) is 0 Å². The Morgan fingerprint density at radius 2 is 2.33 bits per heavy atom. The van der Waals surface area contributed by atoms with Gasteiger partial charge in [-0.2, -0.15) is 0 Å². The van der Waals surface area contributed by atoms with E-state index in [2.05, 4.69) is 0 Å². The lowest BCUT2D eigenvalue weighted by Crippen LogP contribution is -2.39. The van der Waals surface area contributed by atoms with Gasteiger partial charge < -0.3 is 10.6 Å². The summed E-state index contributed by atoms with van der Waals surface area (Å²) in [6.45, 7) is 0.781. The molecular formula is C11H13N3O. The summed E-state index contributed by atoms with van der Waals surface area (Å²) in [4.78, 5) is 12.4. The number of fused-ring (bicyclic) bond motifs is 1. The second kappa shape index (κ2) is 3.73. The van der Waals surface area contributed by atoms with Crippen molar-refractivity contribution in [2.24, 2.45) is 5.73 Å². The molecule has 4 heteroatoms. The van der Waals surface area contributed by atoms with Crippen LogP contribution in [0, 0.1) is 5.41 Å². The van der Waals surface area contributed by atoms with E-state index in [4.69, 9.17) is 11.1 Å². The second-order valence-electron chi connectivity index (χ2n) is 3.65. The van der Waals surface area contributed by atoms with Crippen molar-refractivity contribution in [1.29, 1.82) is 5.41 Å². The number of anilines is 1. The predicted molar refractivity (Wildman–Crippen MR) is 59.4 cm³/mol. The van der Waals surface area contributed by atoms with Crippen LogP contribution < -0.4 is 10.6 Å². The number of rotatable bonds is 1. The van der Waals surface area contributed by atoms with Crippen molar-refractivity contribution in [2.75, 3.05) is 11.4 Å². The number of nitrogens with zero attached hydrogens (tertiary/aromatic N) is 1. The van der Waals surface area contributed by atoms with Crippen molar-refractivity contribution in [3.05, 3.63) is 29.3 Å². The van der Waals surface area contributed by atoms with E-state index in [1.165, 1.54) is 0 Å². The quantitative estimate of drug-likeness (QED) is 0.408. The molecule has 0 atom stereocenters. The number of nitrogens with two attached hydrogens (primary N) is 1. The third-order valence-corrected chi connectivity index (χ3v) is 2.65. The minimum Gasteiger partial charge on any atom is -0.370 e. The van der Waals surface area contributed by atoms with Gasteiger partial charge in [0.2, 0.25) is 0 Å². The molecule has 0 amide bonds. The lowest BCUT2D eigenvalue weighted by atomic mass is 10.00. The lowest BCUT2D eigenvalue weighted by Gasteiger charge is -2.29. The van der Waals surface area contributed by atoms with Crippen molar-refractivity contribution in [2.45, 2.75) is 12.8 Å². The summed E-state index contributed by atoms with van der Waals surface area (Å²) < 4.78 is 0. The Morgan fingerprint density at radius 1 is 1.53 bits per heavy atom. The lowest BCUT2D eigenvalue weighted by molar-refractivity contribution is 0.112. The molecule has 15 heavy (non-hydrogen) atoms. The molecule has 0 saturated heterocycles. The van der Waals surface area contributed by atoms with Crippen molar-refractivity contribution < 1.29 is 4.79 Å². The summed E-state index contributed by atoms with van der Waals surface area (Å²) in [6.07, 6.45) is 2.75. The first-order chi connectivity index (χ1) is 7.22. The Labute approximate surface area is 88.2 Å². The molecular weight excluding hydrogens is 190 g/mol. The van der Waals surface area contributed by atoms with Gasteiger partial charge in [0.25, 0.3) is 0 Å². The monoisotopic (exact) mass is 203 g/mol. The third kappa shape index (κ3) is 1.70. The maximum atomic E-state index is 10.6. The number of carbonyl (C=O) groups excluding carboxylic acids is 1. The van der Waals surface area contributed by atoms with Gasteiger partial charge in [-0.05, 0) is 36.6 Å². The zero-order valence-electron chi connectivity index (χ0n) is 8.36. The Balaban J connectivity index is 2.44. The van der Waals surface area contributed by atoms with Gasteiger partial charge in [0.1, 0.15) is 6.29 Å². The Bertz CT molecular complexity index is 414. The SMILES string of the molecule is N=C(N)N1CCCc2cc(C=O)ccc21. The molecule has 0 bridgehead atoms. The molecule has 1 heterocycles. The molecule has 0 saturated carbocycles. The summed E-state index contributed by atoms with van der Waals surface area (Å²) in [6, 6.07) is 5.49. The van der Waals surface area contributed by atoms with Crippen molar-refractivity contribution in [3.63, 3.8) is 0 Å². The molecule has 1 aromatic carbocycles. The number of nitrogens with one attached hydrogen (secondary N) is 1. The largest absolute Gasteiger partial charge is 0.370 e. The normalized spacial score (nSPS) is 14.5. The van der Waals surface area contributed by atoms with Crippen LogP contribution in [-0.2, 0) is 6.42 Å². The maximum absolute atomic E-state index is 10.6. The summed E-state index contributed by atoms with van der Waals surface area (Å²) >= 11 is 0. The number of hydrogen-bond acceptors (Lipinski definition) is 2. The van der Waals surface area contributed by atoms with Gasteiger partial charge in [0.15, 0.2) is 5.96 Å². The van der Waals surface area contributed by atoms with Crippen molar-refractivity contribution in [3.8, 4) is 0 Å². The maximum Gasteiger partial charge on any atom is 0.192 e. The molecule has 0 unspecified atom stereocenters. The molecule has 0 aliphatic carbocycles. The molecule has 1 aromatic rings. The Hall–Kier alpha value is -1.84. The topological polar surface area (TPSA) is 70.2 Å². The summed E-state index contributed by atoms with van der Waals surface area (Å²) in [5.74, 6) is 0.0646. The molecule has 78 valence electrons. The van der Waals surface area contributed by atoms with Gasteiger partial charge in [0, 0.05) is 17.8 Å². The second-order valence-corrected chi connectivity index (χ2v) is 3.65. The highest BCUT2D eigenvalue weighted by atomic mass is 16.1. The van der Waals surface area contributed by atoms with Gasteiger partial charge in [-0.25, -0.2) is 0 Å². The fourth-order valence-corrected chi connectivity index (χ4v) is 1.94. The zero-order valence-corrected chi connectivity index (χ0v) is 8.36. The van der Waals surface area contributed by atoms with Crippen LogP contribution in [0.1, 0.15) is 22.3 Å². The average Bonchev–Trinajstić information content (AvgIpc) is 2.27. The predicted octanol–water partition coefficient (Wildman–Crippen LogP) is 1.15. The zero-order chi connectivity index (χ0) is 10.8. The minimum absolute atomic E-state index is 0.0646. The van der Waals surface area contributed by atoms with E-state index in [1.807, 2.05) is 12.1 Å². The van der Waals surface area contributed by atoms with Gasteiger partial charge >= 0.3 is 0 Å². The summed E-state index contributed by atoms with van der Waals surface area (Å²) in [5, 5.41) is 7.45. The van der Waals surface area contributed by atoms with Gasteiger partial charge in [0.05, 0.1) is 0 Å². The van der Waals surface area contributed by atoms with Crippen molar-refractivity contribution >= 4 is 17.9 Å². The summed E-state index contributed by atoms with van der Waals surface area (Å²) in [5.41, 5.74) is 8.23. The number of hydrogen-bond donors (Lipinski definition) is 2. The molecule has 0 aromatic heterocycles. The number of carbonyl (C=O) groups is 1. The molecule has 2 rings (SSSR count). The van der Waals surface area contributed by atoms with E-state index in [9.17, 15) is 4.79 Å². The van der Waals surface area contributed by atoms with Crippen LogP contribution >= 0.6 is 0 Å². The highest BCUT2D eigenvalue weighted by Gasteiger charge is 2.18. The minimum atomic E-state index is 0.0646. The third-order valence-electron chi connectivity index (χ3n) is 2.65. The first-order valence-electron chi connectivity index (χ1n) is 4.92. The van der Waals surface area contributed by atoms with E-state index < -0.39 is 0 Å². The standard InChI is InChI=1S/C11H13N3O/c12-11(13)14-5-1-2-9-6-8(7-15)3-4-10(9)14/h3-4,6-7H,1-2,5H2,(H3,12,13). The highest BCUT2D eigenvalue weighted by molar-refractivity contribution is 5.94. The van der Waals surface area contributed by atoms with Crippen LogP contribution in [0.2, 0.25) is 0 Å². The average molecular weight is 203 g/mol. The number of aryl methyl sites for hydroxylation is 1. The summed E-state index contributed by atoms with van der Waals surface area (Å²) in [7, 11) is 0. The fourth-order valence-electron chi connectivity index (χ4n) is 1.94. The van der Waals surface area contributed by atoms with E-state index in [1.54, 1.807) is 11.0 Å². The molecule has 0 radical (unpaired) electrons. The number of benzene rings is 1. The van der Waals surface area contributed by atoms with Crippen LogP contribution in [0.5, 0.6) is 0 Å². The highest BCUT2D eigenvalue weighted by Crippen LogP contribution is 2.27. The molecule has 0 spiro atoms.